The van der Waals surface area contributed by atoms with Gasteiger partial charge in [0.25, 0.3) is 10.2 Å². The molecule has 2 heterocycles. The van der Waals surface area contributed by atoms with Gasteiger partial charge in [0, 0.05) is 26.2 Å². The minimum Gasteiger partial charge on any atom is -0.378 e. The molecule has 0 amide bonds. The van der Waals surface area contributed by atoms with Crippen molar-refractivity contribution in [3.05, 3.63) is 0 Å². The van der Waals surface area contributed by atoms with Gasteiger partial charge in [-0.05, 0) is 44.6 Å². The van der Waals surface area contributed by atoms with Gasteiger partial charge in [-0.1, -0.05) is 0 Å². The zero-order chi connectivity index (χ0) is 13.7. The Bertz CT molecular complexity index is 360. The molecule has 0 aliphatic carbocycles. The summed E-state index contributed by atoms with van der Waals surface area (Å²) in [6.07, 6.45) is 4.85. The highest BCUT2D eigenvalue weighted by atomic mass is 32.2. The van der Waals surface area contributed by atoms with Crippen LogP contribution >= 0.6 is 0 Å². The molecular formula is C12H25N3O3S. The van der Waals surface area contributed by atoms with Crippen LogP contribution in [0.2, 0.25) is 0 Å². The smallest absolute Gasteiger partial charge is 0.279 e. The van der Waals surface area contributed by atoms with E-state index in [1.54, 1.807) is 0 Å². The van der Waals surface area contributed by atoms with E-state index in [1.165, 1.54) is 4.31 Å². The third-order valence-electron chi connectivity index (χ3n) is 4.02. The highest BCUT2D eigenvalue weighted by Crippen LogP contribution is 2.18. The highest BCUT2D eigenvalue weighted by Gasteiger charge is 2.27. The molecule has 2 aliphatic heterocycles. The minimum atomic E-state index is -3.32. The first-order valence-corrected chi connectivity index (χ1v) is 8.62. The van der Waals surface area contributed by atoms with E-state index < -0.39 is 10.2 Å². The van der Waals surface area contributed by atoms with Gasteiger partial charge in [0.15, 0.2) is 0 Å². The summed E-state index contributed by atoms with van der Waals surface area (Å²) in [4.78, 5) is 0. The molecule has 112 valence electrons. The number of nitrogens with one attached hydrogen (secondary N) is 1. The summed E-state index contributed by atoms with van der Waals surface area (Å²) in [5.41, 5.74) is 5.61. The molecule has 0 spiro atoms. The Kier molecular flexibility index (Phi) is 5.58. The Labute approximate surface area is 115 Å². The third-order valence-corrected chi connectivity index (χ3v) is 5.64. The number of hydrogen-bond acceptors (Lipinski definition) is 4. The third kappa shape index (κ3) is 4.39. The predicted molar refractivity (Wildman–Crippen MR) is 73.9 cm³/mol. The quantitative estimate of drug-likeness (QED) is 0.725. The number of hydrogen-bond donors (Lipinski definition) is 2. The number of piperidine rings is 1. The number of rotatable bonds is 6. The van der Waals surface area contributed by atoms with Gasteiger partial charge in [-0.2, -0.15) is 12.7 Å². The van der Waals surface area contributed by atoms with Crippen molar-refractivity contribution in [1.29, 1.82) is 0 Å². The Morgan fingerprint density at radius 1 is 1.26 bits per heavy atom. The SMILES string of the molecule is NCC1CCN(S(=O)(=O)NCCC2CCCO2)CC1. The fourth-order valence-corrected chi connectivity index (χ4v) is 3.95. The molecule has 2 rings (SSSR count). The fraction of sp³-hybridized carbons (Fsp3) is 1.00. The van der Waals surface area contributed by atoms with Crippen molar-refractivity contribution in [2.24, 2.45) is 11.7 Å². The lowest BCUT2D eigenvalue weighted by molar-refractivity contribution is 0.105. The Hall–Kier alpha value is -0.210. The summed E-state index contributed by atoms with van der Waals surface area (Å²) in [5.74, 6) is 0.471. The molecular weight excluding hydrogens is 266 g/mol. The van der Waals surface area contributed by atoms with Crippen molar-refractivity contribution < 1.29 is 13.2 Å². The van der Waals surface area contributed by atoms with E-state index in [9.17, 15) is 8.42 Å². The van der Waals surface area contributed by atoms with E-state index in [0.717, 1.165) is 38.7 Å². The maximum absolute atomic E-state index is 12.1. The molecule has 0 saturated carbocycles. The van der Waals surface area contributed by atoms with Gasteiger partial charge in [0.1, 0.15) is 0 Å². The van der Waals surface area contributed by atoms with Crippen LogP contribution in [0, 0.1) is 5.92 Å². The normalized spacial score (nSPS) is 26.9. The Balaban J connectivity index is 1.72. The van der Waals surface area contributed by atoms with Gasteiger partial charge >= 0.3 is 0 Å². The van der Waals surface area contributed by atoms with Gasteiger partial charge in [0.2, 0.25) is 0 Å². The zero-order valence-electron chi connectivity index (χ0n) is 11.4. The van der Waals surface area contributed by atoms with Crippen LogP contribution in [-0.4, -0.2) is 51.6 Å². The first-order chi connectivity index (χ1) is 9.12. The largest absolute Gasteiger partial charge is 0.378 e. The minimum absolute atomic E-state index is 0.227. The maximum Gasteiger partial charge on any atom is 0.279 e. The topological polar surface area (TPSA) is 84.7 Å². The van der Waals surface area contributed by atoms with E-state index >= 15 is 0 Å². The molecule has 2 aliphatic rings. The van der Waals surface area contributed by atoms with Crippen LogP contribution in [-0.2, 0) is 14.9 Å². The molecule has 0 bridgehead atoms. The van der Waals surface area contributed by atoms with E-state index in [2.05, 4.69) is 4.72 Å². The standard InChI is InChI=1S/C12H25N3O3S/c13-10-11-4-7-15(8-5-11)19(16,17)14-6-3-12-2-1-9-18-12/h11-12,14H,1-10,13H2. The van der Waals surface area contributed by atoms with Crippen molar-refractivity contribution in [2.45, 2.75) is 38.2 Å². The van der Waals surface area contributed by atoms with Crippen LogP contribution in [0.5, 0.6) is 0 Å². The van der Waals surface area contributed by atoms with Crippen molar-refractivity contribution in [3.63, 3.8) is 0 Å². The summed E-state index contributed by atoms with van der Waals surface area (Å²) in [5, 5.41) is 0. The van der Waals surface area contributed by atoms with Crippen LogP contribution in [0.1, 0.15) is 32.1 Å². The van der Waals surface area contributed by atoms with Crippen molar-refractivity contribution in [2.75, 3.05) is 32.8 Å². The molecule has 0 radical (unpaired) electrons. The van der Waals surface area contributed by atoms with Gasteiger partial charge in [-0.15, -0.1) is 0 Å². The summed E-state index contributed by atoms with van der Waals surface area (Å²) in [6.45, 7) is 3.09. The van der Waals surface area contributed by atoms with E-state index in [0.29, 0.717) is 32.1 Å². The average Bonchev–Trinajstić information content (AvgIpc) is 2.92. The van der Waals surface area contributed by atoms with E-state index in [-0.39, 0.29) is 6.10 Å². The van der Waals surface area contributed by atoms with Crippen LogP contribution in [0.3, 0.4) is 0 Å². The lowest BCUT2D eigenvalue weighted by Crippen LogP contribution is -2.46. The van der Waals surface area contributed by atoms with E-state index in [4.69, 9.17) is 10.5 Å². The molecule has 2 fully saturated rings. The van der Waals surface area contributed by atoms with Gasteiger partial charge < -0.3 is 10.5 Å². The van der Waals surface area contributed by atoms with Crippen LogP contribution in [0.4, 0.5) is 0 Å². The number of nitrogens with two attached hydrogens (primary N) is 1. The second kappa shape index (κ2) is 6.99. The van der Waals surface area contributed by atoms with Crippen molar-refractivity contribution in [1.82, 2.24) is 9.03 Å². The molecule has 2 saturated heterocycles. The molecule has 1 unspecified atom stereocenters. The van der Waals surface area contributed by atoms with Crippen molar-refractivity contribution >= 4 is 10.2 Å². The fourth-order valence-electron chi connectivity index (χ4n) is 2.70. The molecule has 1 atom stereocenters. The summed E-state index contributed by atoms with van der Waals surface area (Å²) < 4.78 is 33.9. The molecule has 7 heteroatoms. The zero-order valence-corrected chi connectivity index (χ0v) is 12.2. The highest BCUT2D eigenvalue weighted by molar-refractivity contribution is 7.87. The van der Waals surface area contributed by atoms with Gasteiger partial charge in [0.05, 0.1) is 6.10 Å². The molecule has 0 aromatic rings. The van der Waals surface area contributed by atoms with Gasteiger partial charge in [-0.25, -0.2) is 4.72 Å². The average molecular weight is 291 g/mol. The van der Waals surface area contributed by atoms with Crippen LogP contribution in [0.25, 0.3) is 0 Å². The maximum atomic E-state index is 12.1. The molecule has 0 aromatic heterocycles. The van der Waals surface area contributed by atoms with Crippen LogP contribution in [0.15, 0.2) is 0 Å². The lowest BCUT2D eigenvalue weighted by Gasteiger charge is -2.30. The van der Waals surface area contributed by atoms with Crippen LogP contribution < -0.4 is 10.5 Å². The summed E-state index contributed by atoms with van der Waals surface area (Å²) >= 11 is 0. The summed E-state index contributed by atoms with van der Waals surface area (Å²) in [6, 6.07) is 0. The Morgan fingerprint density at radius 3 is 2.58 bits per heavy atom. The second-order valence-corrected chi connectivity index (χ2v) is 7.16. The van der Waals surface area contributed by atoms with E-state index in [1.807, 2.05) is 0 Å². The molecule has 6 nitrogen and oxygen atoms in total. The number of ether oxygens (including phenoxy) is 1. The lowest BCUT2D eigenvalue weighted by atomic mass is 9.99. The van der Waals surface area contributed by atoms with Gasteiger partial charge in [-0.3, -0.25) is 0 Å². The summed E-state index contributed by atoms with van der Waals surface area (Å²) in [7, 11) is -3.32. The Morgan fingerprint density at radius 2 is 2.00 bits per heavy atom. The monoisotopic (exact) mass is 291 g/mol. The first-order valence-electron chi connectivity index (χ1n) is 7.18. The molecule has 0 aromatic carbocycles. The predicted octanol–water partition coefficient (Wildman–Crippen LogP) is 0.0606. The first kappa shape index (κ1) is 15.2. The molecule has 3 N–H and O–H groups in total. The van der Waals surface area contributed by atoms with Crippen molar-refractivity contribution in [3.8, 4) is 0 Å². The number of nitrogens with zero attached hydrogens (tertiary/aromatic N) is 1. The molecule has 19 heavy (non-hydrogen) atoms. The second-order valence-electron chi connectivity index (χ2n) is 5.40.